The van der Waals surface area contributed by atoms with Crippen molar-refractivity contribution in [3.8, 4) is 0 Å². The van der Waals surface area contributed by atoms with Gasteiger partial charge < -0.3 is 10.1 Å². The number of unbranched alkanes of at least 4 members (excludes halogenated alkanes) is 24. The molecule has 1 N–H and O–H groups in total. The lowest BCUT2D eigenvalue weighted by Gasteiger charge is -2.38. The van der Waals surface area contributed by atoms with Crippen LogP contribution in [0.4, 0.5) is 0 Å². The topological polar surface area (TPSA) is 21.3 Å². The summed E-state index contributed by atoms with van der Waals surface area (Å²) in [6.45, 7) is 7.60. The van der Waals surface area contributed by atoms with Gasteiger partial charge in [-0.1, -0.05) is 167 Å². The van der Waals surface area contributed by atoms with Gasteiger partial charge in [-0.2, -0.15) is 0 Å². The predicted molar refractivity (Wildman–Crippen MR) is 197 cm³/mol. The summed E-state index contributed by atoms with van der Waals surface area (Å²) in [7, 11) is 0. The first kappa shape index (κ1) is 42.7. The number of hydrogen-bond acceptors (Lipinski definition) is 2. The zero-order valence-corrected chi connectivity index (χ0v) is 30.3. The van der Waals surface area contributed by atoms with E-state index in [0.717, 1.165) is 19.7 Å². The Hall–Kier alpha value is -0.310. The Morgan fingerprint density at radius 1 is 0.465 bits per heavy atom. The van der Waals surface area contributed by atoms with E-state index in [-0.39, 0.29) is 18.0 Å². The summed E-state index contributed by atoms with van der Waals surface area (Å²) >= 11 is 0. The van der Waals surface area contributed by atoms with E-state index in [9.17, 15) is 0 Å². The molecule has 1 heterocycles. The molecule has 2 nitrogen and oxygen atoms in total. The zero-order valence-electron chi connectivity index (χ0n) is 29.5. The smallest absolute Gasteiger partial charge is 0.0806 e. The highest BCUT2D eigenvalue weighted by Crippen LogP contribution is 2.28. The van der Waals surface area contributed by atoms with Gasteiger partial charge in [-0.3, -0.25) is 0 Å². The van der Waals surface area contributed by atoms with Crippen LogP contribution in [0.1, 0.15) is 206 Å². The summed E-state index contributed by atoms with van der Waals surface area (Å²) in [5.41, 5.74) is 0.125. The fourth-order valence-corrected chi connectivity index (χ4v) is 6.54. The van der Waals surface area contributed by atoms with E-state index in [1.54, 1.807) is 0 Å². The maximum Gasteiger partial charge on any atom is 0.0806 e. The molecular weight excluding hydrogens is 546 g/mol. The molecule has 1 saturated heterocycles. The number of allylic oxidation sites excluding steroid dienone is 4. The Morgan fingerprint density at radius 3 is 1.12 bits per heavy atom. The first-order valence-electron chi connectivity index (χ1n) is 19.5. The van der Waals surface area contributed by atoms with Gasteiger partial charge in [0.1, 0.15) is 0 Å². The molecule has 0 spiro atoms. The molecule has 256 valence electrons. The summed E-state index contributed by atoms with van der Waals surface area (Å²) in [5, 5.41) is 3.65. The lowest BCUT2D eigenvalue weighted by molar-refractivity contribution is -0.0791. The summed E-state index contributed by atoms with van der Waals surface area (Å²) in [5.74, 6) is 0. The summed E-state index contributed by atoms with van der Waals surface area (Å²) in [6.07, 6.45) is 50.9. The monoisotopic (exact) mass is 624 g/mol. The SMILES string of the molecule is CCCCCCCC/C=C\CCCCCCCCC1(CCCCCCCC/C=C\CCCCCCCC)CNCCO1.Cl. The molecule has 1 fully saturated rings. The highest BCUT2D eigenvalue weighted by Gasteiger charge is 2.31. The van der Waals surface area contributed by atoms with Crippen LogP contribution in [0.2, 0.25) is 0 Å². The highest BCUT2D eigenvalue weighted by atomic mass is 35.5. The van der Waals surface area contributed by atoms with Crippen molar-refractivity contribution in [2.24, 2.45) is 0 Å². The highest BCUT2D eigenvalue weighted by molar-refractivity contribution is 5.85. The number of nitrogens with one attached hydrogen (secondary N) is 1. The normalized spacial score (nSPS) is 15.0. The molecular formula is C40H78ClNO. The van der Waals surface area contributed by atoms with E-state index in [2.05, 4.69) is 43.5 Å². The molecule has 0 unspecified atom stereocenters. The van der Waals surface area contributed by atoms with Crippen LogP contribution in [-0.2, 0) is 4.74 Å². The van der Waals surface area contributed by atoms with Crippen molar-refractivity contribution in [2.75, 3.05) is 19.7 Å². The molecule has 1 aliphatic rings. The van der Waals surface area contributed by atoms with E-state index in [1.165, 1.54) is 193 Å². The molecule has 0 bridgehead atoms. The summed E-state index contributed by atoms with van der Waals surface area (Å²) in [6, 6.07) is 0. The molecule has 0 amide bonds. The van der Waals surface area contributed by atoms with Crippen LogP contribution in [0.5, 0.6) is 0 Å². The van der Waals surface area contributed by atoms with Crippen LogP contribution in [0.3, 0.4) is 0 Å². The maximum atomic E-state index is 6.44. The first-order valence-corrected chi connectivity index (χ1v) is 19.5. The van der Waals surface area contributed by atoms with Crippen molar-refractivity contribution in [1.82, 2.24) is 5.32 Å². The van der Waals surface area contributed by atoms with E-state index in [0.29, 0.717) is 0 Å². The van der Waals surface area contributed by atoms with Gasteiger partial charge in [0, 0.05) is 13.1 Å². The van der Waals surface area contributed by atoms with Crippen molar-refractivity contribution in [3.05, 3.63) is 24.3 Å². The quantitative estimate of drug-likeness (QED) is 0.0594. The molecule has 0 aliphatic carbocycles. The summed E-state index contributed by atoms with van der Waals surface area (Å²) < 4.78 is 6.44. The number of hydrogen-bond donors (Lipinski definition) is 1. The van der Waals surface area contributed by atoms with E-state index < -0.39 is 0 Å². The Balaban J connectivity index is 0.0000176. The largest absolute Gasteiger partial charge is 0.372 e. The van der Waals surface area contributed by atoms with Crippen molar-refractivity contribution in [3.63, 3.8) is 0 Å². The second-order valence-corrected chi connectivity index (χ2v) is 13.6. The number of halogens is 1. The molecule has 0 atom stereocenters. The minimum atomic E-state index is 0. The fraction of sp³-hybridized carbons (Fsp3) is 0.900. The van der Waals surface area contributed by atoms with Crippen molar-refractivity contribution in [1.29, 1.82) is 0 Å². The minimum absolute atomic E-state index is 0. The van der Waals surface area contributed by atoms with Gasteiger partial charge in [-0.15, -0.1) is 12.4 Å². The van der Waals surface area contributed by atoms with Gasteiger partial charge in [0.2, 0.25) is 0 Å². The molecule has 0 radical (unpaired) electrons. The van der Waals surface area contributed by atoms with Gasteiger partial charge in [0.25, 0.3) is 0 Å². The standard InChI is InChI=1S/C40H77NO.ClH/c1-3-5-7-9-11-13-15-17-19-21-23-25-27-29-31-33-35-40(39-41-37-38-42-40)36-34-32-30-28-26-24-22-20-18-16-14-12-10-8-6-4-2;/h17-20,41H,3-16,21-39H2,1-2H3;1H/b19-17-,20-18-;. The average molecular weight is 625 g/mol. The van der Waals surface area contributed by atoms with E-state index in [1.807, 2.05) is 0 Å². The van der Waals surface area contributed by atoms with E-state index in [4.69, 9.17) is 4.74 Å². The Bertz CT molecular complexity index is 539. The van der Waals surface area contributed by atoms with Crippen LogP contribution in [0.15, 0.2) is 24.3 Å². The summed E-state index contributed by atoms with van der Waals surface area (Å²) in [4.78, 5) is 0. The molecule has 0 aromatic heterocycles. The Morgan fingerprint density at radius 2 is 0.791 bits per heavy atom. The molecule has 43 heavy (non-hydrogen) atoms. The average Bonchev–Trinajstić information content (AvgIpc) is 3.01. The molecule has 1 aliphatic heterocycles. The van der Waals surface area contributed by atoms with Crippen molar-refractivity contribution in [2.45, 2.75) is 212 Å². The third kappa shape index (κ3) is 28.9. The second kappa shape index (κ2) is 34.6. The van der Waals surface area contributed by atoms with Crippen LogP contribution in [0.25, 0.3) is 0 Å². The van der Waals surface area contributed by atoms with Gasteiger partial charge in [-0.05, 0) is 64.2 Å². The number of rotatable bonds is 32. The van der Waals surface area contributed by atoms with Gasteiger partial charge in [0.15, 0.2) is 0 Å². The molecule has 1 rings (SSSR count). The maximum absolute atomic E-state index is 6.44. The molecule has 0 saturated carbocycles. The van der Waals surface area contributed by atoms with Crippen LogP contribution < -0.4 is 5.32 Å². The van der Waals surface area contributed by atoms with Gasteiger partial charge >= 0.3 is 0 Å². The van der Waals surface area contributed by atoms with Gasteiger partial charge in [0.05, 0.1) is 12.2 Å². The lowest BCUT2D eigenvalue weighted by atomic mass is 9.88. The third-order valence-electron chi connectivity index (χ3n) is 9.42. The number of ether oxygens (including phenoxy) is 1. The van der Waals surface area contributed by atoms with Crippen LogP contribution in [0, 0.1) is 0 Å². The van der Waals surface area contributed by atoms with Crippen LogP contribution >= 0.6 is 12.4 Å². The lowest BCUT2D eigenvalue weighted by Crippen LogP contribution is -2.49. The third-order valence-corrected chi connectivity index (χ3v) is 9.42. The van der Waals surface area contributed by atoms with Crippen LogP contribution in [-0.4, -0.2) is 25.3 Å². The Labute approximate surface area is 277 Å². The van der Waals surface area contributed by atoms with Crippen molar-refractivity contribution < 1.29 is 4.74 Å². The zero-order chi connectivity index (χ0) is 30.1. The minimum Gasteiger partial charge on any atom is -0.372 e. The number of morpholine rings is 1. The van der Waals surface area contributed by atoms with Gasteiger partial charge in [-0.25, -0.2) is 0 Å². The molecule has 3 heteroatoms. The fourth-order valence-electron chi connectivity index (χ4n) is 6.54. The second-order valence-electron chi connectivity index (χ2n) is 13.6. The predicted octanol–water partition coefficient (Wildman–Crippen LogP) is 13.6. The molecule has 0 aromatic rings. The van der Waals surface area contributed by atoms with E-state index >= 15 is 0 Å². The Kier molecular flexibility index (Phi) is 34.3. The first-order chi connectivity index (χ1) is 20.8. The van der Waals surface area contributed by atoms with Crippen molar-refractivity contribution >= 4 is 12.4 Å². The molecule has 0 aromatic carbocycles.